The van der Waals surface area contributed by atoms with Crippen molar-refractivity contribution in [3.63, 3.8) is 0 Å². The maximum Gasteiger partial charge on any atom is 0.00889 e. The van der Waals surface area contributed by atoms with E-state index < -0.39 is 0 Å². The molecule has 0 aromatic rings. The Morgan fingerprint density at radius 3 is 2.55 bits per heavy atom. The van der Waals surface area contributed by atoms with E-state index in [1.165, 1.54) is 19.5 Å². The quantitative estimate of drug-likeness (QED) is 0.615. The summed E-state index contributed by atoms with van der Waals surface area (Å²) in [5.41, 5.74) is 5.91. The third-order valence-electron chi connectivity index (χ3n) is 2.73. The smallest absolute Gasteiger partial charge is 0.00889 e. The summed E-state index contributed by atoms with van der Waals surface area (Å²) in [6, 6.07) is 1.12. The van der Waals surface area contributed by atoms with E-state index in [0.29, 0.717) is 18.0 Å². The lowest BCUT2D eigenvalue weighted by atomic mass is 9.94. The Balaban J connectivity index is 2.40. The van der Waals surface area contributed by atoms with Crippen LogP contribution in [0, 0.1) is 5.92 Å². The maximum atomic E-state index is 5.91. The van der Waals surface area contributed by atoms with E-state index in [0.717, 1.165) is 0 Å². The van der Waals surface area contributed by atoms with Crippen LogP contribution in [0.1, 0.15) is 27.2 Å². The summed E-state index contributed by atoms with van der Waals surface area (Å²) < 4.78 is 0. The van der Waals surface area contributed by atoms with Crippen molar-refractivity contribution in [2.75, 3.05) is 13.1 Å². The number of piperidine rings is 1. The van der Waals surface area contributed by atoms with Gasteiger partial charge < -0.3 is 10.6 Å². The van der Waals surface area contributed by atoms with Gasteiger partial charge >= 0.3 is 0 Å². The Hall–Kier alpha value is -0.0800. The van der Waals surface area contributed by atoms with Crippen LogP contribution < -0.4 is 5.73 Å². The van der Waals surface area contributed by atoms with Gasteiger partial charge in [-0.2, -0.15) is 0 Å². The highest BCUT2D eigenvalue weighted by molar-refractivity contribution is 4.81. The first-order valence-electron chi connectivity index (χ1n) is 4.61. The first-order chi connectivity index (χ1) is 5.11. The first-order valence-corrected chi connectivity index (χ1v) is 4.61. The van der Waals surface area contributed by atoms with Crippen molar-refractivity contribution < 1.29 is 0 Å². The summed E-state index contributed by atoms with van der Waals surface area (Å²) in [5, 5.41) is 0. The molecule has 0 spiro atoms. The van der Waals surface area contributed by atoms with Crippen LogP contribution in [0.25, 0.3) is 0 Å². The fourth-order valence-corrected chi connectivity index (χ4v) is 1.67. The van der Waals surface area contributed by atoms with Gasteiger partial charge in [0.1, 0.15) is 0 Å². The van der Waals surface area contributed by atoms with Gasteiger partial charge in [-0.15, -0.1) is 0 Å². The SMILES string of the molecule is CC1CN(C(C)C)CCC1N. The second kappa shape index (κ2) is 3.55. The van der Waals surface area contributed by atoms with Crippen LogP contribution in [0.3, 0.4) is 0 Å². The summed E-state index contributed by atoms with van der Waals surface area (Å²) in [4.78, 5) is 2.51. The molecule has 11 heavy (non-hydrogen) atoms. The van der Waals surface area contributed by atoms with E-state index in [4.69, 9.17) is 5.73 Å². The average Bonchev–Trinajstić information content (AvgIpc) is 1.94. The summed E-state index contributed by atoms with van der Waals surface area (Å²) >= 11 is 0. The number of rotatable bonds is 1. The van der Waals surface area contributed by atoms with Gasteiger partial charge in [0.2, 0.25) is 0 Å². The van der Waals surface area contributed by atoms with Crippen LogP contribution in [-0.4, -0.2) is 30.1 Å². The van der Waals surface area contributed by atoms with Crippen LogP contribution in [0.4, 0.5) is 0 Å². The highest BCUT2D eigenvalue weighted by Gasteiger charge is 2.23. The Morgan fingerprint density at radius 2 is 2.09 bits per heavy atom. The Labute approximate surface area is 69.8 Å². The number of nitrogens with zero attached hydrogens (tertiary/aromatic N) is 1. The van der Waals surface area contributed by atoms with E-state index in [1.54, 1.807) is 0 Å². The Bertz CT molecular complexity index is 123. The minimum absolute atomic E-state index is 0.435. The van der Waals surface area contributed by atoms with Gasteiger partial charge in [-0.3, -0.25) is 0 Å². The van der Waals surface area contributed by atoms with Gasteiger partial charge in [-0.25, -0.2) is 0 Å². The van der Waals surface area contributed by atoms with Crippen LogP contribution in [0.2, 0.25) is 0 Å². The summed E-state index contributed by atoms with van der Waals surface area (Å²) in [6.07, 6.45) is 1.17. The molecule has 1 rings (SSSR count). The average molecular weight is 156 g/mol. The van der Waals surface area contributed by atoms with Crippen molar-refractivity contribution in [1.29, 1.82) is 0 Å². The predicted octanol–water partition coefficient (Wildman–Crippen LogP) is 1.06. The molecule has 2 atom stereocenters. The number of hydrogen-bond donors (Lipinski definition) is 1. The standard InChI is InChI=1S/C9H20N2/c1-7(2)11-5-4-9(10)8(3)6-11/h7-9H,4-6,10H2,1-3H3. The molecule has 0 aromatic heterocycles. The zero-order chi connectivity index (χ0) is 8.43. The van der Waals surface area contributed by atoms with Crippen LogP contribution in [0.15, 0.2) is 0 Å². The zero-order valence-electron chi connectivity index (χ0n) is 7.88. The molecule has 2 N–H and O–H groups in total. The zero-order valence-corrected chi connectivity index (χ0v) is 7.88. The highest BCUT2D eigenvalue weighted by Crippen LogP contribution is 2.16. The fraction of sp³-hybridized carbons (Fsp3) is 1.00. The third-order valence-corrected chi connectivity index (χ3v) is 2.73. The predicted molar refractivity (Wildman–Crippen MR) is 48.5 cm³/mol. The summed E-state index contributed by atoms with van der Waals surface area (Å²) in [6.45, 7) is 9.12. The molecule has 1 saturated heterocycles. The second-order valence-corrected chi connectivity index (χ2v) is 4.02. The van der Waals surface area contributed by atoms with Crippen LogP contribution in [-0.2, 0) is 0 Å². The fourth-order valence-electron chi connectivity index (χ4n) is 1.67. The van der Waals surface area contributed by atoms with E-state index in [2.05, 4.69) is 25.7 Å². The molecule has 1 aliphatic heterocycles. The minimum Gasteiger partial charge on any atom is -0.327 e. The lowest BCUT2D eigenvalue weighted by Gasteiger charge is -2.37. The van der Waals surface area contributed by atoms with E-state index in [1.807, 2.05) is 0 Å². The van der Waals surface area contributed by atoms with Crippen molar-refractivity contribution in [3.8, 4) is 0 Å². The van der Waals surface area contributed by atoms with Gasteiger partial charge in [-0.1, -0.05) is 6.92 Å². The lowest BCUT2D eigenvalue weighted by molar-refractivity contribution is 0.132. The number of hydrogen-bond acceptors (Lipinski definition) is 2. The monoisotopic (exact) mass is 156 g/mol. The van der Waals surface area contributed by atoms with E-state index in [9.17, 15) is 0 Å². The van der Waals surface area contributed by atoms with Crippen molar-refractivity contribution >= 4 is 0 Å². The van der Waals surface area contributed by atoms with Crippen LogP contribution >= 0.6 is 0 Å². The molecule has 2 nitrogen and oxygen atoms in total. The Morgan fingerprint density at radius 1 is 1.45 bits per heavy atom. The van der Waals surface area contributed by atoms with Crippen molar-refractivity contribution in [2.45, 2.75) is 39.3 Å². The topological polar surface area (TPSA) is 29.3 Å². The molecule has 0 bridgehead atoms. The van der Waals surface area contributed by atoms with Gasteiger partial charge in [0.15, 0.2) is 0 Å². The van der Waals surface area contributed by atoms with Gasteiger partial charge in [0.05, 0.1) is 0 Å². The molecule has 66 valence electrons. The molecule has 1 fully saturated rings. The molecule has 1 heterocycles. The van der Waals surface area contributed by atoms with Crippen molar-refractivity contribution in [2.24, 2.45) is 11.7 Å². The molecule has 1 aliphatic rings. The molecule has 0 radical (unpaired) electrons. The van der Waals surface area contributed by atoms with Crippen LogP contribution in [0.5, 0.6) is 0 Å². The molecule has 2 heteroatoms. The molecule has 0 aliphatic carbocycles. The molecule has 0 amide bonds. The van der Waals surface area contributed by atoms with E-state index in [-0.39, 0.29) is 0 Å². The summed E-state index contributed by atoms with van der Waals surface area (Å²) in [7, 11) is 0. The minimum atomic E-state index is 0.435. The molecular weight excluding hydrogens is 136 g/mol. The molecule has 0 aromatic carbocycles. The Kier molecular flexibility index (Phi) is 2.90. The van der Waals surface area contributed by atoms with Crippen molar-refractivity contribution in [3.05, 3.63) is 0 Å². The lowest BCUT2D eigenvalue weighted by Crippen LogP contribution is -2.48. The van der Waals surface area contributed by atoms with Gasteiger partial charge in [-0.05, 0) is 32.7 Å². The molecular formula is C9H20N2. The number of likely N-dealkylation sites (tertiary alicyclic amines) is 1. The second-order valence-electron chi connectivity index (χ2n) is 4.02. The first kappa shape index (κ1) is 9.01. The number of nitrogens with two attached hydrogens (primary N) is 1. The van der Waals surface area contributed by atoms with E-state index >= 15 is 0 Å². The maximum absolute atomic E-state index is 5.91. The summed E-state index contributed by atoms with van der Waals surface area (Å²) in [5.74, 6) is 0.672. The highest BCUT2D eigenvalue weighted by atomic mass is 15.2. The largest absolute Gasteiger partial charge is 0.327 e. The molecule has 2 unspecified atom stereocenters. The molecule has 0 saturated carbocycles. The van der Waals surface area contributed by atoms with Gasteiger partial charge in [0.25, 0.3) is 0 Å². The van der Waals surface area contributed by atoms with Gasteiger partial charge in [0, 0.05) is 18.6 Å². The normalized spacial score (nSPS) is 34.6. The van der Waals surface area contributed by atoms with Crippen molar-refractivity contribution in [1.82, 2.24) is 4.90 Å². The third kappa shape index (κ3) is 2.17.